The van der Waals surface area contributed by atoms with Gasteiger partial charge in [-0.2, -0.15) is 0 Å². The van der Waals surface area contributed by atoms with Crippen LogP contribution in [0.5, 0.6) is 5.75 Å². The van der Waals surface area contributed by atoms with Gasteiger partial charge in [-0.25, -0.2) is 0 Å². The maximum absolute atomic E-state index is 12.3. The van der Waals surface area contributed by atoms with E-state index in [1.807, 2.05) is 6.92 Å². The first-order valence-electron chi connectivity index (χ1n) is 7.32. The first kappa shape index (κ1) is 16.1. The summed E-state index contributed by atoms with van der Waals surface area (Å²) in [6.45, 7) is 8.60. The van der Waals surface area contributed by atoms with Gasteiger partial charge >= 0.3 is 0 Å². The lowest BCUT2D eigenvalue weighted by molar-refractivity contribution is -0.127. The number of ether oxygens (including phenoxy) is 1. The van der Waals surface area contributed by atoms with Crippen molar-refractivity contribution in [1.29, 1.82) is 0 Å². The van der Waals surface area contributed by atoms with Crippen LogP contribution in [0.3, 0.4) is 0 Å². The van der Waals surface area contributed by atoms with Crippen LogP contribution in [0.2, 0.25) is 0 Å². The lowest BCUT2D eigenvalue weighted by atomic mass is 9.88. The van der Waals surface area contributed by atoms with Crippen molar-refractivity contribution in [3.63, 3.8) is 0 Å². The number of carbonyl (C=O) groups excluding carboxylic acids is 1. The fourth-order valence-electron chi connectivity index (χ4n) is 2.83. The van der Waals surface area contributed by atoms with Gasteiger partial charge in [0.15, 0.2) is 0 Å². The van der Waals surface area contributed by atoms with Gasteiger partial charge in [0.1, 0.15) is 12.4 Å². The molecule has 0 aromatic heterocycles. The van der Waals surface area contributed by atoms with Gasteiger partial charge in [0.2, 0.25) is 5.91 Å². The molecule has 1 aromatic rings. The number of hydrogen-bond donors (Lipinski definition) is 2. The molecule has 5 heteroatoms. The van der Waals surface area contributed by atoms with E-state index >= 15 is 0 Å². The topological polar surface area (TPSA) is 50.4 Å². The molecule has 0 radical (unpaired) electrons. The van der Waals surface area contributed by atoms with Crippen molar-refractivity contribution in [3.8, 4) is 5.75 Å². The predicted molar refractivity (Wildman–Crippen MR) is 85.1 cm³/mol. The number of nitrogens with one attached hydrogen (secondary N) is 2. The molecular weight excluding hydrogens is 288 g/mol. The summed E-state index contributed by atoms with van der Waals surface area (Å²) < 4.78 is 5.78. The van der Waals surface area contributed by atoms with Crippen molar-refractivity contribution < 1.29 is 9.53 Å². The quantitative estimate of drug-likeness (QED) is 0.899. The zero-order chi connectivity index (χ0) is 14.3. The molecule has 2 atom stereocenters. The molecule has 2 N–H and O–H groups in total. The minimum absolute atomic E-state index is 0. The van der Waals surface area contributed by atoms with Crippen LogP contribution >= 0.6 is 12.4 Å². The SMILES string of the molecule is Cc1ccc2c(c1C)OCC2NC(=O)C(C)C1CNC1.Cl. The minimum Gasteiger partial charge on any atom is -0.490 e. The van der Waals surface area contributed by atoms with Crippen LogP contribution in [0, 0.1) is 25.7 Å². The van der Waals surface area contributed by atoms with E-state index in [9.17, 15) is 4.79 Å². The molecule has 0 bridgehead atoms. The predicted octanol–water partition coefficient (Wildman–Crippen LogP) is 2.13. The fourth-order valence-corrected chi connectivity index (χ4v) is 2.83. The number of fused-ring (bicyclic) bond motifs is 1. The van der Waals surface area contributed by atoms with Gasteiger partial charge in [0.05, 0.1) is 6.04 Å². The Morgan fingerprint density at radius 1 is 1.38 bits per heavy atom. The molecule has 116 valence electrons. The van der Waals surface area contributed by atoms with Crippen LogP contribution in [-0.2, 0) is 4.79 Å². The normalized spacial score (nSPS) is 21.6. The third kappa shape index (κ3) is 2.87. The van der Waals surface area contributed by atoms with Gasteiger partial charge in [-0.3, -0.25) is 4.79 Å². The highest BCUT2D eigenvalue weighted by Crippen LogP contribution is 2.36. The molecule has 4 nitrogen and oxygen atoms in total. The fraction of sp³-hybridized carbons (Fsp3) is 0.562. The Morgan fingerprint density at radius 2 is 2.10 bits per heavy atom. The van der Waals surface area contributed by atoms with Crippen molar-refractivity contribution in [3.05, 3.63) is 28.8 Å². The molecule has 21 heavy (non-hydrogen) atoms. The second-order valence-electron chi connectivity index (χ2n) is 6.00. The van der Waals surface area contributed by atoms with Crippen molar-refractivity contribution >= 4 is 18.3 Å². The Kier molecular flexibility index (Phi) is 4.79. The van der Waals surface area contributed by atoms with Crippen molar-refractivity contribution in [2.24, 2.45) is 11.8 Å². The van der Waals surface area contributed by atoms with Crippen LogP contribution in [-0.4, -0.2) is 25.6 Å². The monoisotopic (exact) mass is 310 g/mol. The molecular formula is C16H23ClN2O2. The van der Waals surface area contributed by atoms with Crippen molar-refractivity contribution in [2.45, 2.75) is 26.8 Å². The highest BCUT2D eigenvalue weighted by Gasteiger charge is 2.32. The highest BCUT2D eigenvalue weighted by atomic mass is 35.5. The van der Waals surface area contributed by atoms with E-state index in [0.717, 1.165) is 24.4 Å². The molecule has 2 heterocycles. The number of rotatable bonds is 3. The lowest BCUT2D eigenvalue weighted by Crippen LogP contribution is -2.50. The third-order valence-electron chi connectivity index (χ3n) is 4.73. The van der Waals surface area contributed by atoms with E-state index in [2.05, 4.69) is 36.6 Å². The summed E-state index contributed by atoms with van der Waals surface area (Å²) in [5.41, 5.74) is 3.51. The summed E-state index contributed by atoms with van der Waals surface area (Å²) in [6.07, 6.45) is 0. The summed E-state index contributed by atoms with van der Waals surface area (Å²) >= 11 is 0. The number of halogens is 1. The molecule has 1 saturated heterocycles. The average Bonchev–Trinajstić information content (AvgIpc) is 2.75. The molecule has 2 aliphatic heterocycles. The number of aryl methyl sites for hydroxylation is 1. The summed E-state index contributed by atoms with van der Waals surface area (Å²) in [4.78, 5) is 12.3. The average molecular weight is 311 g/mol. The third-order valence-corrected chi connectivity index (χ3v) is 4.73. The summed E-state index contributed by atoms with van der Waals surface area (Å²) in [6, 6.07) is 4.17. The standard InChI is InChI=1S/C16H22N2O2.ClH/c1-9-4-5-13-14(8-20-15(13)10(9)2)18-16(19)11(3)12-6-17-7-12;/h4-5,11-12,14,17H,6-8H2,1-3H3,(H,18,19);1H. The summed E-state index contributed by atoms with van der Waals surface area (Å²) in [7, 11) is 0. The smallest absolute Gasteiger partial charge is 0.223 e. The minimum atomic E-state index is -0.00714. The van der Waals surface area contributed by atoms with Gasteiger partial charge in [-0.15, -0.1) is 12.4 Å². The molecule has 1 aromatic carbocycles. The van der Waals surface area contributed by atoms with Crippen molar-refractivity contribution in [2.75, 3.05) is 19.7 Å². The Hall–Kier alpha value is -1.26. The second kappa shape index (κ2) is 6.24. The maximum Gasteiger partial charge on any atom is 0.223 e. The largest absolute Gasteiger partial charge is 0.490 e. The molecule has 3 rings (SSSR count). The number of benzene rings is 1. The van der Waals surface area contributed by atoms with E-state index in [1.165, 1.54) is 11.1 Å². The van der Waals surface area contributed by atoms with E-state index < -0.39 is 0 Å². The second-order valence-corrected chi connectivity index (χ2v) is 6.00. The van der Waals surface area contributed by atoms with Gasteiger partial charge in [0, 0.05) is 11.5 Å². The number of amides is 1. The maximum atomic E-state index is 12.3. The van der Waals surface area contributed by atoms with Crippen LogP contribution in [0.1, 0.15) is 29.7 Å². The van der Waals surface area contributed by atoms with E-state index in [-0.39, 0.29) is 30.3 Å². The Balaban J connectivity index is 0.00000161. The van der Waals surface area contributed by atoms with Crippen LogP contribution < -0.4 is 15.4 Å². The van der Waals surface area contributed by atoms with Crippen LogP contribution in [0.15, 0.2) is 12.1 Å². The van der Waals surface area contributed by atoms with Gasteiger partial charge in [0.25, 0.3) is 0 Å². The van der Waals surface area contributed by atoms with Crippen molar-refractivity contribution in [1.82, 2.24) is 10.6 Å². The van der Waals surface area contributed by atoms with Gasteiger partial charge in [-0.05, 0) is 44.0 Å². The zero-order valence-electron chi connectivity index (χ0n) is 12.7. The molecule has 0 saturated carbocycles. The Labute approximate surface area is 132 Å². The van der Waals surface area contributed by atoms with Crippen LogP contribution in [0.25, 0.3) is 0 Å². The van der Waals surface area contributed by atoms with E-state index in [0.29, 0.717) is 12.5 Å². The van der Waals surface area contributed by atoms with E-state index in [4.69, 9.17) is 4.74 Å². The molecule has 2 unspecified atom stereocenters. The zero-order valence-corrected chi connectivity index (χ0v) is 13.5. The molecule has 1 fully saturated rings. The Morgan fingerprint density at radius 3 is 2.71 bits per heavy atom. The summed E-state index contributed by atoms with van der Waals surface area (Å²) in [5.74, 6) is 1.62. The number of carbonyl (C=O) groups is 1. The van der Waals surface area contributed by atoms with Gasteiger partial charge in [-0.1, -0.05) is 19.1 Å². The van der Waals surface area contributed by atoms with E-state index in [1.54, 1.807) is 0 Å². The molecule has 2 aliphatic rings. The molecule has 1 amide bonds. The molecule has 0 spiro atoms. The first-order chi connectivity index (χ1) is 9.58. The first-order valence-corrected chi connectivity index (χ1v) is 7.32. The lowest BCUT2D eigenvalue weighted by Gasteiger charge is -2.32. The highest BCUT2D eigenvalue weighted by molar-refractivity contribution is 5.85. The number of hydrogen-bond acceptors (Lipinski definition) is 3. The van der Waals surface area contributed by atoms with Crippen LogP contribution in [0.4, 0.5) is 0 Å². The molecule has 0 aliphatic carbocycles. The van der Waals surface area contributed by atoms with Gasteiger partial charge < -0.3 is 15.4 Å². The Bertz CT molecular complexity index is 543. The summed E-state index contributed by atoms with van der Waals surface area (Å²) in [5, 5.41) is 6.35.